The van der Waals surface area contributed by atoms with Crippen molar-refractivity contribution in [2.75, 3.05) is 13.2 Å². The molecule has 0 spiro atoms. The van der Waals surface area contributed by atoms with Gasteiger partial charge in [-0.2, -0.15) is 0 Å². The maximum atomic E-state index is 12.3. The van der Waals surface area contributed by atoms with E-state index < -0.39 is 5.60 Å². The lowest BCUT2D eigenvalue weighted by molar-refractivity contribution is -0.143. The zero-order valence-corrected chi connectivity index (χ0v) is 11.9. The molecule has 1 aliphatic heterocycles. The van der Waals surface area contributed by atoms with Gasteiger partial charge in [0.2, 0.25) is 0 Å². The van der Waals surface area contributed by atoms with Gasteiger partial charge in [-0.05, 0) is 38.3 Å². The van der Waals surface area contributed by atoms with Crippen LogP contribution in [-0.2, 0) is 20.7 Å². The minimum atomic E-state index is -0.732. The van der Waals surface area contributed by atoms with Crippen LogP contribution >= 0.6 is 0 Å². The highest BCUT2D eigenvalue weighted by Gasteiger charge is 2.32. The number of carbonyl (C=O) groups excluding carboxylic acids is 1. The van der Waals surface area contributed by atoms with Crippen LogP contribution in [0.4, 0.5) is 0 Å². The molecule has 1 aliphatic rings. The summed E-state index contributed by atoms with van der Waals surface area (Å²) in [5, 5.41) is 0. The molecule has 2 rings (SSSR count). The lowest BCUT2D eigenvalue weighted by Gasteiger charge is -2.29. The number of hydrogen-bond donors (Lipinski definition) is 0. The third-order valence-electron chi connectivity index (χ3n) is 3.64. The number of benzene rings is 1. The fraction of sp³-hybridized carbons (Fsp3) is 0.562. The monoisotopic (exact) mass is 262 g/mol. The number of ether oxygens (including phenoxy) is 2. The predicted molar refractivity (Wildman–Crippen MR) is 74.2 cm³/mol. The molecule has 0 N–H and O–H groups in total. The Bertz CT molecular complexity index is 451. The van der Waals surface area contributed by atoms with Crippen molar-refractivity contribution in [3.05, 3.63) is 35.4 Å². The smallest absolute Gasteiger partial charge is 0.166 e. The van der Waals surface area contributed by atoms with E-state index >= 15 is 0 Å². The van der Waals surface area contributed by atoms with E-state index in [-0.39, 0.29) is 11.9 Å². The van der Waals surface area contributed by atoms with E-state index in [1.165, 1.54) is 5.56 Å². The third-order valence-corrected chi connectivity index (χ3v) is 3.64. The van der Waals surface area contributed by atoms with Crippen LogP contribution in [0.15, 0.2) is 24.3 Å². The Morgan fingerprint density at radius 1 is 1.42 bits per heavy atom. The van der Waals surface area contributed by atoms with Gasteiger partial charge in [0.1, 0.15) is 5.60 Å². The molecule has 0 bridgehead atoms. The number of Topliss-reactive ketones (excluding diaryl/α,β-unsaturated/α-hetero) is 1. The van der Waals surface area contributed by atoms with E-state index in [2.05, 4.69) is 12.1 Å². The molecular weight excluding hydrogens is 240 g/mol. The summed E-state index contributed by atoms with van der Waals surface area (Å²) in [6.45, 7) is 6.79. The first kappa shape index (κ1) is 14.2. The van der Waals surface area contributed by atoms with Crippen molar-refractivity contribution in [2.45, 2.75) is 45.3 Å². The fourth-order valence-corrected chi connectivity index (χ4v) is 2.50. The van der Waals surface area contributed by atoms with Crippen molar-refractivity contribution in [1.82, 2.24) is 0 Å². The zero-order chi connectivity index (χ0) is 13.9. The molecule has 3 heteroatoms. The largest absolute Gasteiger partial charge is 0.373 e. The van der Waals surface area contributed by atoms with Gasteiger partial charge in [-0.1, -0.05) is 24.3 Å². The van der Waals surface area contributed by atoms with Crippen LogP contribution < -0.4 is 0 Å². The van der Waals surface area contributed by atoms with E-state index in [1.54, 1.807) is 0 Å². The average molecular weight is 262 g/mol. The lowest BCUT2D eigenvalue weighted by Crippen LogP contribution is -2.36. The first-order chi connectivity index (χ1) is 9.04. The van der Waals surface area contributed by atoms with Crippen LogP contribution in [0.3, 0.4) is 0 Å². The topological polar surface area (TPSA) is 35.5 Å². The van der Waals surface area contributed by atoms with E-state index in [4.69, 9.17) is 9.47 Å². The highest BCUT2D eigenvalue weighted by atomic mass is 16.5. The molecule has 1 aromatic carbocycles. The van der Waals surface area contributed by atoms with Crippen molar-refractivity contribution in [3.63, 3.8) is 0 Å². The maximum Gasteiger partial charge on any atom is 0.166 e. The van der Waals surface area contributed by atoms with Crippen molar-refractivity contribution >= 4 is 5.78 Å². The second kappa shape index (κ2) is 5.85. The molecule has 0 saturated heterocycles. The molecule has 0 aromatic heterocycles. The predicted octanol–water partition coefficient (Wildman–Crippen LogP) is 3.07. The standard InChI is InChI=1S/C16H22O3/c1-4-19-16(2,3)15(17)11-14-13-8-6-5-7-12(13)9-10-18-14/h5-8,14H,4,9-11H2,1-3H3. The van der Waals surface area contributed by atoms with Gasteiger partial charge in [0.05, 0.1) is 12.7 Å². The van der Waals surface area contributed by atoms with Crippen molar-refractivity contribution in [3.8, 4) is 0 Å². The molecule has 19 heavy (non-hydrogen) atoms. The molecular formula is C16H22O3. The van der Waals surface area contributed by atoms with Crippen molar-refractivity contribution in [1.29, 1.82) is 0 Å². The van der Waals surface area contributed by atoms with E-state index in [1.807, 2.05) is 32.9 Å². The van der Waals surface area contributed by atoms with Crippen LogP contribution in [0.25, 0.3) is 0 Å². The summed E-state index contributed by atoms with van der Waals surface area (Å²) in [5.41, 5.74) is 1.71. The van der Waals surface area contributed by atoms with Crippen LogP contribution in [0.1, 0.15) is 44.4 Å². The number of ketones is 1. The summed E-state index contributed by atoms with van der Waals surface area (Å²) in [7, 11) is 0. The molecule has 1 aromatic rings. The quantitative estimate of drug-likeness (QED) is 0.818. The van der Waals surface area contributed by atoms with Crippen LogP contribution in [0.5, 0.6) is 0 Å². The summed E-state index contributed by atoms with van der Waals surface area (Å²) >= 11 is 0. The molecule has 1 unspecified atom stereocenters. The Hall–Kier alpha value is -1.19. The van der Waals surface area contributed by atoms with Gasteiger partial charge in [-0.15, -0.1) is 0 Å². The second-order valence-corrected chi connectivity index (χ2v) is 5.38. The van der Waals surface area contributed by atoms with Gasteiger partial charge in [0.15, 0.2) is 5.78 Å². The minimum absolute atomic E-state index is 0.0936. The van der Waals surface area contributed by atoms with E-state index in [9.17, 15) is 4.79 Å². The molecule has 0 radical (unpaired) electrons. The number of hydrogen-bond acceptors (Lipinski definition) is 3. The fourth-order valence-electron chi connectivity index (χ4n) is 2.50. The molecule has 0 saturated carbocycles. The first-order valence-corrected chi connectivity index (χ1v) is 6.91. The molecule has 3 nitrogen and oxygen atoms in total. The molecule has 1 atom stereocenters. The number of fused-ring (bicyclic) bond motifs is 1. The third kappa shape index (κ3) is 3.23. The zero-order valence-electron chi connectivity index (χ0n) is 11.9. The molecule has 0 amide bonds. The maximum absolute atomic E-state index is 12.3. The average Bonchev–Trinajstić information content (AvgIpc) is 2.39. The van der Waals surface area contributed by atoms with Crippen molar-refractivity contribution in [2.24, 2.45) is 0 Å². The Morgan fingerprint density at radius 3 is 2.89 bits per heavy atom. The summed E-state index contributed by atoms with van der Waals surface area (Å²) in [6.07, 6.45) is 1.18. The first-order valence-electron chi connectivity index (χ1n) is 6.91. The van der Waals surface area contributed by atoms with Gasteiger partial charge >= 0.3 is 0 Å². The minimum Gasteiger partial charge on any atom is -0.373 e. The number of rotatable bonds is 5. The van der Waals surface area contributed by atoms with Crippen molar-refractivity contribution < 1.29 is 14.3 Å². The Kier molecular flexibility index (Phi) is 4.38. The number of carbonyl (C=O) groups is 1. The molecule has 0 aliphatic carbocycles. The normalized spacial score (nSPS) is 19.0. The van der Waals surface area contributed by atoms with Gasteiger partial charge in [0, 0.05) is 13.0 Å². The second-order valence-electron chi connectivity index (χ2n) is 5.38. The molecule has 0 fully saturated rings. The van der Waals surface area contributed by atoms with Gasteiger partial charge in [0.25, 0.3) is 0 Å². The van der Waals surface area contributed by atoms with E-state index in [0.717, 1.165) is 12.0 Å². The van der Waals surface area contributed by atoms with E-state index in [0.29, 0.717) is 19.6 Å². The van der Waals surface area contributed by atoms with Crippen LogP contribution in [0.2, 0.25) is 0 Å². The summed E-state index contributed by atoms with van der Waals surface area (Å²) < 4.78 is 11.3. The Labute approximate surface area is 114 Å². The highest BCUT2D eigenvalue weighted by Crippen LogP contribution is 2.31. The Balaban J connectivity index is 2.11. The summed E-state index contributed by atoms with van der Waals surface area (Å²) in [6, 6.07) is 8.20. The summed E-state index contributed by atoms with van der Waals surface area (Å²) in [5.74, 6) is 0.0936. The van der Waals surface area contributed by atoms with Crippen LogP contribution in [-0.4, -0.2) is 24.6 Å². The van der Waals surface area contributed by atoms with Gasteiger partial charge in [-0.25, -0.2) is 0 Å². The SMILES string of the molecule is CCOC(C)(C)C(=O)CC1OCCc2ccccc21. The van der Waals surface area contributed by atoms with Gasteiger partial charge < -0.3 is 9.47 Å². The molecule has 1 heterocycles. The molecule has 104 valence electrons. The summed E-state index contributed by atoms with van der Waals surface area (Å²) in [4.78, 5) is 12.3. The highest BCUT2D eigenvalue weighted by molar-refractivity contribution is 5.87. The van der Waals surface area contributed by atoms with Crippen LogP contribution in [0, 0.1) is 0 Å². The Morgan fingerprint density at radius 2 is 2.16 bits per heavy atom. The van der Waals surface area contributed by atoms with Gasteiger partial charge in [-0.3, -0.25) is 4.79 Å². The lowest BCUT2D eigenvalue weighted by atomic mass is 9.90.